The van der Waals surface area contributed by atoms with Gasteiger partial charge in [-0.15, -0.1) is 11.3 Å². The number of nitrogens with two attached hydrogens (primary N) is 1. The number of nitriles is 1. The molecule has 4 heteroatoms. The Morgan fingerprint density at radius 3 is 2.74 bits per heavy atom. The molecule has 2 N–H and O–H groups in total. The van der Waals surface area contributed by atoms with Gasteiger partial charge in [-0.05, 0) is 30.5 Å². The molecule has 1 aromatic heterocycles. The average molecular weight is 291 g/mol. The highest BCUT2D eigenvalue weighted by Crippen LogP contribution is 2.41. The smallest absolute Gasteiger partial charge is 0.128 e. The summed E-state index contributed by atoms with van der Waals surface area (Å²) in [4.78, 5) is 1.61. The molecule has 0 bridgehead atoms. The molecular formula is C15H15ClN2S. The van der Waals surface area contributed by atoms with Crippen molar-refractivity contribution in [3.63, 3.8) is 0 Å². The molecule has 0 aliphatic rings. The van der Waals surface area contributed by atoms with Crippen molar-refractivity contribution in [1.29, 1.82) is 5.26 Å². The summed E-state index contributed by atoms with van der Waals surface area (Å²) < 4.78 is 0. The number of aryl methyl sites for hydroxylation is 1. The highest BCUT2D eigenvalue weighted by Gasteiger charge is 2.18. The lowest BCUT2D eigenvalue weighted by Gasteiger charge is -2.07. The zero-order valence-electron chi connectivity index (χ0n) is 11.0. The molecule has 2 rings (SSSR count). The Hall–Kier alpha value is -1.50. The molecule has 19 heavy (non-hydrogen) atoms. The minimum absolute atomic E-state index is 0.579. The lowest BCUT2D eigenvalue weighted by molar-refractivity contribution is 0.930. The van der Waals surface area contributed by atoms with E-state index in [4.69, 9.17) is 22.6 Å². The highest BCUT2D eigenvalue weighted by molar-refractivity contribution is 7.17. The SMILES string of the molecule is CCCc1c(-c2ccc(C)cc2Cl)sc(C#N)c1N. The maximum Gasteiger partial charge on any atom is 0.128 e. The van der Waals surface area contributed by atoms with Crippen molar-refractivity contribution in [2.45, 2.75) is 26.7 Å². The van der Waals surface area contributed by atoms with Crippen molar-refractivity contribution in [1.82, 2.24) is 0 Å². The van der Waals surface area contributed by atoms with E-state index < -0.39 is 0 Å². The summed E-state index contributed by atoms with van der Waals surface area (Å²) in [7, 11) is 0. The van der Waals surface area contributed by atoms with Crippen molar-refractivity contribution in [3.8, 4) is 16.5 Å². The largest absolute Gasteiger partial charge is 0.397 e. The van der Waals surface area contributed by atoms with Crippen LogP contribution >= 0.6 is 22.9 Å². The minimum atomic E-state index is 0.579. The quantitative estimate of drug-likeness (QED) is 0.884. The standard InChI is InChI=1S/C15H15ClN2S/c1-3-4-11-14(18)13(8-17)19-15(11)10-6-5-9(2)7-12(10)16/h5-7H,3-4,18H2,1-2H3. The summed E-state index contributed by atoms with van der Waals surface area (Å²) in [6.07, 6.45) is 1.85. The molecule has 0 saturated carbocycles. The lowest BCUT2D eigenvalue weighted by atomic mass is 10.0. The molecular weight excluding hydrogens is 276 g/mol. The summed E-state index contributed by atoms with van der Waals surface area (Å²) in [5, 5.41) is 9.84. The van der Waals surface area contributed by atoms with Gasteiger partial charge in [-0.1, -0.05) is 37.1 Å². The lowest BCUT2D eigenvalue weighted by Crippen LogP contribution is -1.93. The molecule has 0 amide bonds. The molecule has 0 saturated heterocycles. The first-order valence-corrected chi connectivity index (χ1v) is 7.35. The van der Waals surface area contributed by atoms with Crippen LogP contribution < -0.4 is 5.73 Å². The first-order valence-electron chi connectivity index (χ1n) is 6.16. The Morgan fingerprint density at radius 1 is 1.42 bits per heavy atom. The van der Waals surface area contributed by atoms with Gasteiger partial charge in [-0.2, -0.15) is 5.26 Å². The number of benzene rings is 1. The number of halogens is 1. The molecule has 1 aromatic carbocycles. The van der Waals surface area contributed by atoms with Gasteiger partial charge in [-0.25, -0.2) is 0 Å². The zero-order valence-corrected chi connectivity index (χ0v) is 12.5. The predicted octanol–water partition coefficient (Wildman–Crippen LogP) is 4.78. The van der Waals surface area contributed by atoms with Crippen LogP contribution in [0.2, 0.25) is 5.02 Å². The molecule has 0 aliphatic heterocycles. The third kappa shape index (κ3) is 2.60. The number of hydrogen-bond acceptors (Lipinski definition) is 3. The minimum Gasteiger partial charge on any atom is -0.397 e. The van der Waals surface area contributed by atoms with E-state index in [9.17, 15) is 0 Å². The van der Waals surface area contributed by atoms with Gasteiger partial charge in [0.2, 0.25) is 0 Å². The second-order valence-electron chi connectivity index (χ2n) is 4.50. The van der Waals surface area contributed by atoms with E-state index in [1.807, 2.05) is 25.1 Å². The Balaban J connectivity index is 2.64. The van der Waals surface area contributed by atoms with Crippen LogP contribution in [-0.2, 0) is 6.42 Å². The zero-order chi connectivity index (χ0) is 14.0. The maximum absolute atomic E-state index is 9.13. The fraction of sp³-hybridized carbons (Fsp3) is 0.267. The van der Waals surface area contributed by atoms with Crippen LogP contribution in [0.3, 0.4) is 0 Å². The third-order valence-electron chi connectivity index (χ3n) is 3.02. The van der Waals surface area contributed by atoms with E-state index in [1.165, 1.54) is 11.3 Å². The van der Waals surface area contributed by atoms with E-state index in [0.717, 1.165) is 34.4 Å². The van der Waals surface area contributed by atoms with Crippen LogP contribution in [0.5, 0.6) is 0 Å². The molecule has 2 aromatic rings. The second-order valence-corrected chi connectivity index (χ2v) is 5.93. The van der Waals surface area contributed by atoms with Gasteiger partial charge in [0.15, 0.2) is 0 Å². The fourth-order valence-electron chi connectivity index (χ4n) is 2.08. The van der Waals surface area contributed by atoms with Crippen molar-refractivity contribution >= 4 is 28.6 Å². The Kier molecular flexibility index (Phi) is 4.14. The number of nitrogen functional groups attached to an aromatic ring is 1. The maximum atomic E-state index is 9.13. The van der Waals surface area contributed by atoms with E-state index >= 15 is 0 Å². The molecule has 98 valence electrons. The summed E-state index contributed by atoms with van der Waals surface area (Å²) in [6, 6.07) is 8.13. The van der Waals surface area contributed by atoms with Gasteiger partial charge in [0.25, 0.3) is 0 Å². The van der Waals surface area contributed by atoms with Crippen molar-refractivity contribution in [3.05, 3.63) is 39.2 Å². The third-order valence-corrected chi connectivity index (χ3v) is 4.52. The van der Waals surface area contributed by atoms with E-state index in [1.54, 1.807) is 0 Å². The summed E-state index contributed by atoms with van der Waals surface area (Å²) in [5.41, 5.74) is 9.81. The van der Waals surface area contributed by atoms with Crippen molar-refractivity contribution in [2.75, 3.05) is 5.73 Å². The Morgan fingerprint density at radius 2 is 2.16 bits per heavy atom. The monoisotopic (exact) mass is 290 g/mol. The van der Waals surface area contributed by atoms with E-state index in [0.29, 0.717) is 15.6 Å². The van der Waals surface area contributed by atoms with Crippen LogP contribution in [0, 0.1) is 18.3 Å². The van der Waals surface area contributed by atoms with Crippen LogP contribution in [0.1, 0.15) is 29.3 Å². The molecule has 0 spiro atoms. The molecule has 0 unspecified atom stereocenters. The van der Waals surface area contributed by atoms with Crippen LogP contribution in [0.25, 0.3) is 10.4 Å². The molecule has 0 aliphatic carbocycles. The number of anilines is 1. The first-order chi connectivity index (χ1) is 9.08. The van der Waals surface area contributed by atoms with Gasteiger partial charge in [-0.3, -0.25) is 0 Å². The number of rotatable bonds is 3. The van der Waals surface area contributed by atoms with Crippen LogP contribution in [0.4, 0.5) is 5.69 Å². The van der Waals surface area contributed by atoms with Gasteiger partial charge in [0.05, 0.1) is 5.69 Å². The van der Waals surface area contributed by atoms with Crippen molar-refractivity contribution < 1.29 is 0 Å². The highest BCUT2D eigenvalue weighted by atomic mass is 35.5. The summed E-state index contributed by atoms with van der Waals surface area (Å²) >= 11 is 7.75. The van der Waals surface area contributed by atoms with Gasteiger partial charge in [0, 0.05) is 15.5 Å². The van der Waals surface area contributed by atoms with E-state index in [2.05, 4.69) is 13.0 Å². The topological polar surface area (TPSA) is 49.8 Å². The van der Waals surface area contributed by atoms with Gasteiger partial charge >= 0.3 is 0 Å². The first kappa shape index (κ1) is 13.9. The fourth-order valence-corrected chi connectivity index (χ4v) is 3.57. The number of nitrogens with zero attached hydrogens (tertiary/aromatic N) is 1. The molecule has 1 heterocycles. The predicted molar refractivity (Wildman–Crippen MR) is 82.6 cm³/mol. The summed E-state index contributed by atoms with van der Waals surface area (Å²) in [6.45, 7) is 4.11. The summed E-state index contributed by atoms with van der Waals surface area (Å²) in [5.74, 6) is 0. The molecule has 0 atom stereocenters. The second kappa shape index (κ2) is 5.64. The molecule has 0 radical (unpaired) electrons. The number of thiophene rings is 1. The van der Waals surface area contributed by atoms with Crippen molar-refractivity contribution in [2.24, 2.45) is 0 Å². The molecule has 2 nitrogen and oxygen atoms in total. The van der Waals surface area contributed by atoms with Gasteiger partial charge < -0.3 is 5.73 Å². The van der Waals surface area contributed by atoms with Crippen LogP contribution in [-0.4, -0.2) is 0 Å². The Bertz CT molecular complexity index is 653. The van der Waals surface area contributed by atoms with Crippen LogP contribution in [0.15, 0.2) is 18.2 Å². The molecule has 0 fully saturated rings. The number of hydrogen-bond donors (Lipinski definition) is 1. The normalized spacial score (nSPS) is 10.4. The Labute approximate surface area is 122 Å². The van der Waals surface area contributed by atoms with Gasteiger partial charge in [0.1, 0.15) is 10.9 Å². The average Bonchev–Trinajstić information content (AvgIpc) is 2.68. The van der Waals surface area contributed by atoms with E-state index in [-0.39, 0.29) is 0 Å².